The Labute approximate surface area is 232 Å². The van der Waals surface area contributed by atoms with E-state index in [1.54, 1.807) is 6.20 Å². The molecule has 9 nitrogen and oxygen atoms in total. The molecule has 0 radical (unpaired) electrons. The fraction of sp³-hybridized carbons (Fsp3) is 0.600. The molecular weight excluding hydrogens is 492 g/mol. The molecule has 0 spiro atoms. The third-order valence-electron chi connectivity index (χ3n) is 8.32. The molecule has 1 saturated heterocycles. The van der Waals surface area contributed by atoms with Gasteiger partial charge in [0.05, 0.1) is 23.6 Å². The van der Waals surface area contributed by atoms with Crippen LogP contribution in [0.5, 0.6) is 5.88 Å². The van der Waals surface area contributed by atoms with E-state index < -0.39 is 0 Å². The number of likely N-dealkylation sites (N-methyl/N-ethyl adjacent to an activating group) is 1. The van der Waals surface area contributed by atoms with E-state index in [1.807, 2.05) is 38.2 Å². The van der Waals surface area contributed by atoms with Crippen LogP contribution < -0.4 is 20.3 Å². The zero-order valence-electron chi connectivity index (χ0n) is 24.0. The van der Waals surface area contributed by atoms with Gasteiger partial charge in [0, 0.05) is 50.4 Å². The van der Waals surface area contributed by atoms with Gasteiger partial charge in [0.2, 0.25) is 11.8 Å². The Bertz CT molecular complexity index is 1130. The number of piperazine rings is 1. The topological polar surface area (TPSA) is 99.7 Å². The maximum atomic E-state index is 13.7. The highest BCUT2D eigenvalue weighted by atomic mass is 16.5. The molecule has 1 aliphatic carbocycles. The van der Waals surface area contributed by atoms with E-state index >= 15 is 0 Å². The summed E-state index contributed by atoms with van der Waals surface area (Å²) in [4.78, 5) is 40.7. The standard InChI is InChI=1S/C30H44N6O3/c1-5-22-21-35(29(38)30(6-2)14-8-9-15-30)19-20-36(22)25-13-12-24(23-11-10-16-33-28(23)39-7-3)34-26(25)27(37)32-18-17-31-4/h10-13,16,22,31H,5-9,14-15,17-21H2,1-4H3,(H,32,37)/t22-/m1/s1. The molecule has 3 heterocycles. The van der Waals surface area contributed by atoms with Crippen LogP contribution in [0, 0.1) is 5.41 Å². The molecule has 0 bridgehead atoms. The Morgan fingerprint density at radius 3 is 2.59 bits per heavy atom. The number of pyridine rings is 2. The van der Waals surface area contributed by atoms with Gasteiger partial charge in [-0.2, -0.15) is 0 Å². The number of nitrogens with one attached hydrogen (secondary N) is 2. The molecule has 0 unspecified atom stereocenters. The lowest BCUT2D eigenvalue weighted by atomic mass is 9.81. The van der Waals surface area contributed by atoms with E-state index in [1.165, 1.54) is 0 Å². The summed E-state index contributed by atoms with van der Waals surface area (Å²) >= 11 is 0. The summed E-state index contributed by atoms with van der Waals surface area (Å²) in [5.41, 5.74) is 2.38. The SMILES string of the molecule is CCOc1ncccc1-c1ccc(N2CCN(C(=O)C3(CC)CCCC3)C[C@H]2CC)c(C(=O)NCCNC)n1. The van der Waals surface area contributed by atoms with Crippen LogP contribution in [-0.4, -0.2) is 79.1 Å². The largest absolute Gasteiger partial charge is 0.477 e. The van der Waals surface area contributed by atoms with Crippen molar-refractivity contribution < 1.29 is 14.3 Å². The van der Waals surface area contributed by atoms with Crippen molar-refractivity contribution in [2.75, 3.05) is 51.3 Å². The number of nitrogens with zero attached hydrogens (tertiary/aromatic N) is 4. The van der Waals surface area contributed by atoms with Gasteiger partial charge in [0.25, 0.3) is 5.91 Å². The second kappa shape index (κ2) is 13.2. The molecule has 39 heavy (non-hydrogen) atoms. The average molecular weight is 537 g/mol. The Hall–Kier alpha value is -3.20. The fourth-order valence-electron chi connectivity index (χ4n) is 6.04. The number of anilines is 1. The highest BCUT2D eigenvalue weighted by molar-refractivity contribution is 5.98. The molecule has 2 amide bonds. The van der Waals surface area contributed by atoms with Gasteiger partial charge in [0.1, 0.15) is 0 Å². The third kappa shape index (κ3) is 6.19. The molecule has 4 rings (SSSR count). The van der Waals surface area contributed by atoms with Crippen LogP contribution in [0.15, 0.2) is 30.5 Å². The molecule has 1 atom stereocenters. The monoisotopic (exact) mass is 536 g/mol. The van der Waals surface area contributed by atoms with Crippen molar-refractivity contribution in [2.24, 2.45) is 5.41 Å². The molecular formula is C30H44N6O3. The van der Waals surface area contributed by atoms with Gasteiger partial charge < -0.3 is 25.2 Å². The fourth-order valence-corrected chi connectivity index (χ4v) is 6.04. The summed E-state index contributed by atoms with van der Waals surface area (Å²) in [6.07, 6.45) is 7.74. The first-order valence-corrected chi connectivity index (χ1v) is 14.6. The Morgan fingerprint density at radius 2 is 1.90 bits per heavy atom. The number of carbonyl (C=O) groups is 2. The van der Waals surface area contributed by atoms with Gasteiger partial charge >= 0.3 is 0 Å². The Kier molecular flexibility index (Phi) is 9.78. The van der Waals surface area contributed by atoms with Crippen molar-refractivity contribution in [1.29, 1.82) is 0 Å². The number of hydrogen-bond acceptors (Lipinski definition) is 7. The molecule has 2 fully saturated rings. The molecule has 2 aromatic heterocycles. The zero-order valence-corrected chi connectivity index (χ0v) is 24.0. The van der Waals surface area contributed by atoms with Crippen LogP contribution in [0.1, 0.15) is 69.8 Å². The van der Waals surface area contributed by atoms with E-state index in [9.17, 15) is 9.59 Å². The first kappa shape index (κ1) is 28.8. The minimum Gasteiger partial charge on any atom is -0.477 e. The maximum Gasteiger partial charge on any atom is 0.272 e. The number of aromatic nitrogens is 2. The summed E-state index contributed by atoms with van der Waals surface area (Å²) in [6, 6.07) is 7.79. The predicted molar refractivity (Wildman–Crippen MR) is 154 cm³/mol. The predicted octanol–water partition coefficient (Wildman–Crippen LogP) is 3.89. The van der Waals surface area contributed by atoms with Crippen LogP contribution in [0.4, 0.5) is 5.69 Å². The Morgan fingerprint density at radius 1 is 1.10 bits per heavy atom. The van der Waals surface area contributed by atoms with Gasteiger partial charge in [-0.1, -0.05) is 26.7 Å². The average Bonchev–Trinajstić information content (AvgIpc) is 3.47. The highest BCUT2D eigenvalue weighted by Crippen LogP contribution is 2.43. The van der Waals surface area contributed by atoms with E-state index in [-0.39, 0.29) is 17.4 Å². The molecule has 2 aliphatic rings. The summed E-state index contributed by atoms with van der Waals surface area (Å²) in [6.45, 7) is 9.84. The zero-order chi connectivity index (χ0) is 27.8. The van der Waals surface area contributed by atoms with E-state index in [0.717, 1.165) is 49.8 Å². The summed E-state index contributed by atoms with van der Waals surface area (Å²) in [5, 5.41) is 6.07. The normalized spacial score (nSPS) is 18.7. The van der Waals surface area contributed by atoms with Crippen LogP contribution in [-0.2, 0) is 4.79 Å². The quantitative estimate of drug-likeness (QED) is 0.420. The lowest BCUT2D eigenvalue weighted by Crippen LogP contribution is -2.57. The van der Waals surface area contributed by atoms with E-state index in [0.29, 0.717) is 62.5 Å². The molecule has 1 aliphatic heterocycles. The number of amides is 2. The highest BCUT2D eigenvalue weighted by Gasteiger charge is 2.43. The van der Waals surface area contributed by atoms with Crippen LogP contribution in [0.2, 0.25) is 0 Å². The van der Waals surface area contributed by atoms with Crippen molar-refractivity contribution >= 4 is 17.5 Å². The van der Waals surface area contributed by atoms with Crippen molar-refractivity contribution in [2.45, 2.75) is 65.3 Å². The second-order valence-corrected chi connectivity index (χ2v) is 10.6. The minimum atomic E-state index is -0.215. The number of hydrogen-bond donors (Lipinski definition) is 2. The summed E-state index contributed by atoms with van der Waals surface area (Å²) in [7, 11) is 1.86. The van der Waals surface area contributed by atoms with Crippen molar-refractivity contribution in [3.8, 4) is 17.1 Å². The number of ether oxygens (including phenoxy) is 1. The molecule has 1 saturated carbocycles. The molecule has 2 N–H and O–H groups in total. The van der Waals surface area contributed by atoms with Crippen LogP contribution in [0.25, 0.3) is 11.3 Å². The summed E-state index contributed by atoms with van der Waals surface area (Å²) in [5.74, 6) is 0.601. The van der Waals surface area contributed by atoms with E-state index in [4.69, 9.17) is 9.72 Å². The lowest BCUT2D eigenvalue weighted by molar-refractivity contribution is -0.143. The Balaban J connectivity index is 1.65. The van der Waals surface area contributed by atoms with Crippen LogP contribution in [0.3, 0.4) is 0 Å². The van der Waals surface area contributed by atoms with Crippen molar-refractivity contribution in [1.82, 2.24) is 25.5 Å². The van der Waals surface area contributed by atoms with Gasteiger partial charge in [0.15, 0.2) is 5.69 Å². The third-order valence-corrected chi connectivity index (χ3v) is 8.32. The molecule has 9 heteroatoms. The smallest absolute Gasteiger partial charge is 0.272 e. The molecule has 0 aromatic carbocycles. The number of carbonyl (C=O) groups excluding carboxylic acids is 2. The molecule has 2 aromatic rings. The first-order valence-electron chi connectivity index (χ1n) is 14.6. The van der Waals surface area contributed by atoms with Gasteiger partial charge in [-0.15, -0.1) is 0 Å². The van der Waals surface area contributed by atoms with Gasteiger partial charge in [-0.25, -0.2) is 9.97 Å². The molecule has 212 valence electrons. The minimum absolute atomic E-state index is 0.104. The van der Waals surface area contributed by atoms with Gasteiger partial charge in [-0.3, -0.25) is 9.59 Å². The first-order chi connectivity index (χ1) is 19.0. The second-order valence-electron chi connectivity index (χ2n) is 10.6. The van der Waals surface area contributed by atoms with Gasteiger partial charge in [-0.05, 0) is 63.9 Å². The summed E-state index contributed by atoms with van der Waals surface area (Å²) < 4.78 is 5.74. The maximum absolute atomic E-state index is 13.7. The lowest BCUT2D eigenvalue weighted by Gasteiger charge is -2.45. The van der Waals surface area contributed by atoms with E-state index in [2.05, 4.69) is 39.3 Å². The van der Waals surface area contributed by atoms with Crippen molar-refractivity contribution in [3.05, 3.63) is 36.2 Å². The number of rotatable bonds is 11. The van der Waals surface area contributed by atoms with Crippen molar-refractivity contribution in [3.63, 3.8) is 0 Å². The van der Waals surface area contributed by atoms with Crippen LogP contribution >= 0.6 is 0 Å².